The third kappa shape index (κ3) is 5.38. The average molecular weight is 556 g/mol. The summed E-state index contributed by atoms with van der Waals surface area (Å²) in [7, 11) is 0. The average Bonchev–Trinajstić information content (AvgIpc) is 3.24. The van der Waals surface area contributed by atoms with Crippen LogP contribution in [0.1, 0.15) is 44.1 Å². The van der Waals surface area contributed by atoms with Crippen LogP contribution in [0.5, 0.6) is 0 Å². The fraction of sp³-hybridized carbons (Fsp3) is 0.156. The summed E-state index contributed by atoms with van der Waals surface area (Å²) >= 11 is 0. The first-order chi connectivity index (χ1) is 19.6. The molecule has 0 unspecified atom stereocenters. The van der Waals surface area contributed by atoms with E-state index in [0.717, 1.165) is 17.1 Å². The van der Waals surface area contributed by atoms with Crippen LogP contribution in [-0.2, 0) is 4.79 Å². The van der Waals surface area contributed by atoms with Gasteiger partial charge in [-0.05, 0) is 68.4 Å². The minimum absolute atomic E-state index is 0.0125. The minimum atomic E-state index is -3.44. The normalized spacial score (nSPS) is 15.2. The topological polar surface area (TPSA) is 91.6 Å². The van der Waals surface area contributed by atoms with Crippen LogP contribution in [0.3, 0.4) is 0 Å². The number of anilines is 2. The Balaban J connectivity index is 1.40. The Bertz CT molecular complexity index is 1670. The number of carbonyl (C=O) groups excluding carboxylic acids is 2. The molecule has 208 valence electrons. The number of carbonyl (C=O) groups is 3. The van der Waals surface area contributed by atoms with Gasteiger partial charge in [-0.25, -0.2) is 13.6 Å². The van der Waals surface area contributed by atoms with Crippen molar-refractivity contribution >= 4 is 34.7 Å². The molecule has 3 aromatic carbocycles. The van der Waals surface area contributed by atoms with E-state index in [-0.39, 0.29) is 29.3 Å². The molecule has 0 atom stereocenters. The number of carboxylic acids is 1. The third-order valence-electron chi connectivity index (χ3n) is 7.09. The van der Waals surface area contributed by atoms with Crippen molar-refractivity contribution in [3.05, 3.63) is 119 Å². The van der Waals surface area contributed by atoms with E-state index in [1.807, 2.05) is 42.7 Å². The Morgan fingerprint density at radius 2 is 1.46 bits per heavy atom. The number of amides is 2. The Kier molecular flexibility index (Phi) is 7.28. The van der Waals surface area contributed by atoms with E-state index < -0.39 is 29.8 Å². The van der Waals surface area contributed by atoms with Gasteiger partial charge in [0.05, 0.1) is 16.9 Å². The highest BCUT2D eigenvalue weighted by Gasteiger charge is 2.41. The van der Waals surface area contributed by atoms with Crippen molar-refractivity contribution in [2.75, 3.05) is 16.8 Å². The van der Waals surface area contributed by atoms with Crippen LogP contribution in [-0.4, -0.2) is 39.9 Å². The molecule has 7 nitrogen and oxygen atoms in total. The second kappa shape index (κ2) is 10.8. The molecule has 0 radical (unpaired) electrons. The molecule has 1 aliphatic heterocycles. The van der Waals surface area contributed by atoms with Gasteiger partial charge in [0.2, 0.25) is 0 Å². The summed E-state index contributed by atoms with van der Waals surface area (Å²) in [6.45, 7) is 3.61. The lowest BCUT2D eigenvalue weighted by Gasteiger charge is -2.23. The van der Waals surface area contributed by atoms with E-state index >= 15 is 0 Å². The number of aliphatic carboxylic acids is 1. The Morgan fingerprint density at radius 3 is 2.12 bits per heavy atom. The van der Waals surface area contributed by atoms with E-state index in [2.05, 4.69) is 5.32 Å². The number of alkyl halides is 2. The number of benzene rings is 3. The minimum Gasteiger partial charge on any atom is -0.478 e. The van der Waals surface area contributed by atoms with Gasteiger partial charge in [-0.15, -0.1) is 0 Å². The standard InChI is InChI=1S/C32H27F2N3O4/c1-20-11-12-21(2)37(20)28-10-6-4-8-25(28)30(40)35-23-15-13-22(14-16-23)31(41)36-18-17-32(33,34)26(19-29(38)39)24-7-3-5-9-27(24)36/h3-16,19H,17-18H2,1-2H3,(H,35,40)(H,38,39)/b26-19-. The van der Waals surface area contributed by atoms with Gasteiger partial charge in [0.25, 0.3) is 17.7 Å². The molecule has 0 saturated carbocycles. The molecule has 1 aliphatic rings. The number of nitrogens with zero attached hydrogens (tertiary/aromatic N) is 2. The summed E-state index contributed by atoms with van der Waals surface area (Å²) < 4.78 is 31.9. The van der Waals surface area contributed by atoms with Crippen LogP contribution >= 0.6 is 0 Å². The summed E-state index contributed by atoms with van der Waals surface area (Å²) in [6.07, 6.45) is -0.234. The molecule has 2 N–H and O–H groups in total. The third-order valence-corrected chi connectivity index (χ3v) is 7.09. The molecule has 2 amide bonds. The largest absolute Gasteiger partial charge is 0.478 e. The lowest BCUT2D eigenvalue weighted by atomic mass is 9.97. The van der Waals surface area contributed by atoms with Crippen molar-refractivity contribution in [3.8, 4) is 5.69 Å². The molecule has 4 aromatic rings. The Hall–Kier alpha value is -5.05. The molecule has 5 rings (SSSR count). The first kappa shape index (κ1) is 27.5. The van der Waals surface area contributed by atoms with Crippen LogP contribution < -0.4 is 10.2 Å². The number of rotatable bonds is 5. The van der Waals surface area contributed by atoms with Gasteiger partial charge in [-0.3, -0.25) is 9.59 Å². The highest BCUT2D eigenvalue weighted by Crippen LogP contribution is 2.43. The maximum Gasteiger partial charge on any atom is 0.328 e. The SMILES string of the molecule is Cc1ccc(C)n1-c1ccccc1C(=O)Nc1ccc(C(=O)N2CCC(F)(F)/C(=C\C(=O)O)c3ccccc32)cc1. The van der Waals surface area contributed by atoms with Gasteiger partial charge in [0.1, 0.15) is 0 Å². The van der Waals surface area contributed by atoms with Crippen molar-refractivity contribution in [1.29, 1.82) is 0 Å². The van der Waals surface area contributed by atoms with Crippen LogP contribution in [0, 0.1) is 13.8 Å². The number of para-hydroxylation sites is 2. The van der Waals surface area contributed by atoms with E-state index in [1.165, 1.54) is 35.2 Å². The van der Waals surface area contributed by atoms with E-state index in [4.69, 9.17) is 0 Å². The zero-order valence-corrected chi connectivity index (χ0v) is 22.4. The predicted octanol–water partition coefficient (Wildman–Crippen LogP) is 6.50. The monoisotopic (exact) mass is 555 g/mol. The first-order valence-electron chi connectivity index (χ1n) is 13.0. The number of hydrogen-bond donors (Lipinski definition) is 2. The maximum atomic E-state index is 15.0. The van der Waals surface area contributed by atoms with E-state index in [9.17, 15) is 28.3 Å². The molecule has 0 bridgehead atoms. The molecule has 2 heterocycles. The van der Waals surface area contributed by atoms with Gasteiger partial charge in [0.15, 0.2) is 0 Å². The van der Waals surface area contributed by atoms with Crippen LogP contribution in [0.4, 0.5) is 20.2 Å². The van der Waals surface area contributed by atoms with Crippen molar-refractivity contribution in [3.63, 3.8) is 0 Å². The van der Waals surface area contributed by atoms with Crippen LogP contribution in [0.25, 0.3) is 11.3 Å². The van der Waals surface area contributed by atoms with E-state index in [0.29, 0.717) is 17.3 Å². The summed E-state index contributed by atoms with van der Waals surface area (Å²) in [5.74, 6) is -5.78. The Labute approximate surface area is 235 Å². The second-order valence-corrected chi connectivity index (χ2v) is 9.82. The number of aryl methyl sites for hydroxylation is 2. The molecule has 0 fully saturated rings. The molecular weight excluding hydrogens is 528 g/mol. The van der Waals surface area contributed by atoms with Crippen LogP contribution in [0.15, 0.2) is 91.0 Å². The Morgan fingerprint density at radius 1 is 0.854 bits per heavy atom. The molecule has 1 aromatic heterocycles. The van der Waals surface area contributed by atoms with Crippen LogP contribution in [0.2, 0.25) is 0 Å². The number of nitrogens with one attached hydrogen (secondary N) is 1. The molecule has 0 spiro atoms. The highest BCUT2D eigenvalue weighted by molar-refractivity contribution is 6.10. The van der Waals surface area contributed by atoms with Gasteiger partial charge < -0.3 is 19.9 Å². The first-order valence-corrected chi connectivity index (χ1v) is 13.0. The molecule has 0 aliphatic carbocycles. The van der Waals surface area contributed by atoms with Crippen molar-refractivity contribution < 1.29 is 28.3 Å². The number of halogens is 2. The van der Waals surface area contributed by atoms with Gasteiger partial charge in [-0.1, -0.05) is 30.3 Å². The predicted molar refractivity (Wildman–Crippen MR) is 153 cm³/mol. The van der Waals surface area contributed by atoms with Crippen molar-refractivity contribution in [1.82, 2.24) is 4.57 Å². The summed E-state index contributed by atoms with van der Waals surface area (Å²) in [5.41, 5.74) is 3.43. The smallest absolute Gasteiger partial charge is 0.328 e. The zero-order valence-electron chi connectivity index (χ0n) is 22.4. The number of aromatic nitrogens is 1. The number of carboxylic acid groups (broad SMARTS) is 1. The zero-order chi connectivity index (χ0) is 29.3. The van der Waals surface area contributed by atoms with Gasteiger partial charge in [0, 0.05) is 52.8 Å². The van der Waals surface area contributed by atoms with Gasteiger partial charge >= 0.3 is 5.97 Å². The number of allylic oxidation sites excluding steroid dienone is 1. The molecular formula is C32H27F2N3O4. The maximum absolute atomic E-state index is 15.0. The molecule has 41 heavy (non-hydrogen) atoms. The molecule has 9 heteroatoms. The van der Waals surface area contributed by atoms with Crippen molar-refractivity contribution in [2.24, 2.45) is 0 Å². The summed E-state index contributed by atoms with van der Waals surface area (Å²) in [4.78, 5) is 39.3. The van der Waals surface area contributed by atoms with Gasteiger partial charge in [-0.2, -0.15) is 0 Å². The second-order valence-electron chi connectivity index (χ2n) is 9.82. The highest BCUT2D eigenvalue weighted by atomic mass is 19.3. The van der Waals surface area contributed by atoms with Crippen molar-refractivity contribution in [2.45, 2.75) is 26.2 Å². The fourth-order valence-corrected chi connectivity index (χ4v) is 5.12. The lowest BCUT2D eigenvalue weighted by molar-refractivity contribution is -0.131. The summed E-state index contributed by atoms with van der Waals surface area (Å²) in [5, 5.41) is 12.1. The quantitative estimate of drug-likeness (QED) is 0.275. The summed E-state index contributed by atoms with van der Waals surface area (Å²) in [6, 6.07) is 23.4. The van der Waals surface area contributed by atoms with E-state index in [1.54, 1.807) is 30.3 Å². The fourth-order valence-electron chi connectivity index (χ4n) is 5.12. The number of fused-ring (bicyclic) bond motifs is 1. The molecule has 0 saturated heterocycles. The lowest BCUT2D eigenvalue weighted by Crippen LogP contribution is -2.33. The number of hydrogen-bond acceptors (Lipinski definition) is 3.